The molecule has 0 aliphatic carbocycles. The lowest BCUT2D eigenvalue weighted by atomic mass is 10.2. The highest BCUT2D eigenvalue weighted by Gasteiger charge is 2.20. The lowest BCUT2D eigenvalue weighted by Gasteiger charge is -2.12. The van der Waals surface area contributed by atoms with Crippen LogP contribution in [0, 0.1) is 0 Å². The van der Waals surface area contributed by atoms with E-state index in [1.54, 1.807) is 11.8 Å². The number of hydrogen-bond donors (Lipinski definition) is 1. The summed E-state index contributed by atoms with van der Waals surface area (Å²) in [6.07, 6.45) is -0.0503. The molecule has 0 unspecified atom stereocenters. The quantitative estimate of drug-likeness (QED) is 0.911. The van der Waals surface area contributed by atoms with Crippen LogP contribution in [0.4, 0.5) is 0 Å². The number of para-hydroxylation sites is 2. The highest BCUT2D eigenvalue weighted by atomic mass is 16.5. The zero-order valence-corrected chi connectivity index (χ0v) is 12.4. The second-order valence-corrected chi connectivity index (χ2v) is 4.99. The van der Waals surface area contributed by atoms with Crippen molar-refractivity contribution in [2.75, 3.05) is 7.11 Å². The highest BCUT2D eigenvalue weighted by molar-refractivity contribution is 5.46. The Morgan fingerprint density at radius 2 is 2.00 bits per heavy atom. The number of hydrogen-bond acceptors (Lipinski definition) is 4. The molecule has 1 heterocycles. The Morgan fingerprint density at radius 3 is 2.60 bits per heavy atom. The number of methoxy groups -OCH3 is 1. The first-order valence-corrected chi connectivity index (χ1v) is 6.86. The van der Waals surface area contributed by atoms with Crippen LogP contribution in [0.3, 0.4) is 0 Å². The molecule has 2 rings (SSSR count). The minimum atomic E-state index is -0.639. The van der Waals surface area contributed by atoms with Crippen molar-refractivity contribution in [1.29, 1.82) is 0 Å². The van der Waals surface area contributed by atoms with Gasteiger partial charge in [-0.2, -0.15) is 5.10 Å². The van der Waals surface area contributed by atoms with E-state index in [1.165, 1.54) is 0 Å². The van der Waals surface area contributed by atoms with Crippen molar-refractivity contribution in [2.45, 2.75) is 39.2 Å². The summed E-state index contributed by atoms with van der Waals surface area (Å²) in [6, 6.07) is 7.59. The summed E-state index contributed by atoms with van der Waals surface area (Å²) >= 11 is 0. The van der Waals surface area contributed by atoms with Crippen molar-refractivity contribution in [3.63, 3.8) is 0 Å². The molecule has 1 atom stereocenters. The smallest absolute Gasteiger partial charge is 0.161 e. The van der Waals surface area contributed by atoms with Crippen molar-refractivity contribution in [3.05, 3.63) is 35.9 Å². The van der Waals surface area contributed by atoms with Gasteiger partial charge in [0.2, 0.25) is 0 Å². The molecule has 2 aromatic rings. The molecule has 0 spiro atoms. The molecule has 1 aromatic heterocycles. The number of nitrogens with zero attached hydrogens (tertiary/aromatic N) is 3. The topological polar surface area (TPSA) is 60.2 Å². The first kappa shape index (κ1) is 14.5. The summed E-state index contributed by atoms with van der Waals surface area (Å²) in [4.78, 5) is 4.48. The average molecular weight is 275 g/mol. The Kier molecular flexibility index (Phi) is 4.39. The number of benzene rings is 1. The predicted molar refractivity (Wildman–Crippen MR) is 77.3 cm³/mol. The lowest BCUT2D eigenvalue weighted by Crippen LogP contribution is -2.09. The third-order valence-corrected chi connectivity index (χ3v) is 3.16. The fraction of sp³-hybridized carbons (Fsp3) is 0.467. The number of aliphatic hydroxyl groups excluding tert-OH is 1. The summed E-state index contributed by atoms with van der Waals surface area (Å²) in [5.41, 5.74) is 0.789. The Balaban J connectivity index is 2.59. The first-order chi connectivity index (χ1) is 9.58. The molecule has 0 bridgehead atoms. The maximum Gasteiger partial charge on any atom is 0.161 e. The van der Waals surface area contributed by atoms with E-state index >= 15 is 0 Å². The van der Waals surface area contributed by atoms with Gasteiger partial charge in [-0.15, -0.1) is 0 Å². The van der Waals surface area contributed by atoms with E-state index in [2.05, 4.69) is 10.1 Å². The third kappa shape index (κ3) is 2.67. The first-order valence-electron chi connectivity index (χ1n) is 6.86. The molecule has 5 nitrogen and oxygen atoms in total. The van der Waals surface area contributed by atoms with Crippen LogP contribution >= 0.6 is 0 Å². The van der Waals surface area contributed by atoms with Crippen molar-refractivity contribution >= 4 is 0 Å². The van der Waals surface area contributed by atoms with E-state index in [0.29, 0.717) is 18.0 Å². The fourth-order valence-electron chi connectivity index (χ4n) is 1.97. The van der Waals surface area contributed by atoms with Crippen LogP contribution in [-0.4, -0.2) is 27.0 Å². The van der Waals surface area contributed by atoms with E-state index in [9.17, 15) is 5.11 Å². The molecule has 1 aromatic carbocycles. The summed E-state index contributed by atoms with van der Waals surface area (Å²) in [5, 5.41) is 14.7. The number of aliphatic hydroxyl groups is 1. The van der Waals surface area contributed by atoms with Gasteiger partial charge in [0.15, 0.2) is 11.6 Å². The van der Waals surface area contributed by atoms with Crippen LogP contribution in [0.1, 0.15) is 50.9 Å². The van der Waals surface area contributed by atoms with Gasteiger partial charge < -0.3 is 9.84 Å². The maximum atomic E-state index is 10.2. The summed E-state index contributed by atoms with van der Waals surface area (Å²) in [7, 11) is 1.62. The summed E-state index contributed by atoms with van der Waals surface area (Å²) < 4.78 is 7.05. The van der Waals surface area contributed by atoms with Crippen molar-refractivity contribution in [1.82, 2.24) is 14.8 Å². The van der Waals surface area contributed by atoms with E-state index in [4.69, 9.17) is 4.74 Å². The molecular formula is C15H21N3O2. The largest absolute Gasteiger partial charge is 0.494 e. The van der Waals surface area contributed by atoms with Crippen molar-refractivity contribution < 1.29 is 9.84 Å². The zero-order valence-electron chi connectivity index (χ0n) is 12.4. The Bertz CT molecular complexity index is 578. The van der Waals surface area contributed by atoms with E-state index in [-0.39, 0.29) is 5.92 Å². The molecule has 0 aliphatic heterocycles. The Morgan fingerprint density at radius 1 is 1.30 bits per heavy atom. The summed E-state index contributed by atoms with van der Waals surface area (Å²) in [5.74, 6) is 2.19. The molecule has 0 fully saturated rings. The normalized spacial score (nSPS) is 12.7. The molecule has 20 heavy (non-hydrogen) atoms. The van der Waals surface area contributed by atoms with E-state index in [0.717, 1.165) is 11.5 Å². The van der Waals surface area contributed by atoms with E-state index < -0.39 is 6.10 Å². The van der Waals surface area contributed by atoms with Gasteiger partial charge in [0, 0.05) is 5.92 Å². The number of ether oxygens (including phenoxy) is 1. The van der Waals surface area contributed by atoms with Gasteiger partial charge >= 0.3 is 0 Å². The second kappa shape index (κ2) is 6.05. The van der Waals surface area contributed by atoms with Gasteiger partial charge in [0.1, 0.15) is 17.5 Å². The molecule has 5 heteroatoms. The summed E-state index contributed by atoms with van der Waals surface area (Å²) in [6.45, 7) is 5.98. The van der Waals surface area contributed by atoms with Crippen LogP contribution in [0.2, 0.25) is 0 Å². The average Bonchev–Trinajstić information content (AvgIpc) is 2.91. The molecule has 0 aliphatic rings. The fourth-order valence-corrected chi connectivity index (χ4v) is 1.97. The van der Waals surface area contributed by atoms with Crippen LogP contribution in [0.25, 0.3) is 5.69 Å². The minimum absolute atomic E-state index is 0.203. The Labute approximate surface area is 119 Å². The van der Waals surface area contributed by atoms with Gasteiger partial charge in [0.25, 0.3) is 0 Å². The molecule has 0 saturated carbocycles. The van der Waals surface area contributed by atoms with Gasteiger partial charge in [-0.3, -0.25) is 0 Å². The Hall–Kier alpha value is -1.88. The molecule has 0 radical (unpaired) electrons. The lowest BCUT2D eigenvalue weighted by molar-refractivity contribution is 0.161. The van der Waals surface area contributed by atoms with Crippen LogP contribution in [0.15, 0.2) is 24.3 Å². The predicted octanol–water partition coefficient (Wildman–Crippen LogP) is 2.84. The third-order valence-electron chi connectivity index (χ3n) is 3.16. The van der Waals surface area contributed by atoms with Gasteiger partial charge in [-0.1, -0.05) is 32.9 Å². The molecule has 0 amide bonds. The van der Waals surface area contributed by atoms with Crippen molar-refractivity contribution in [2.24, 2.45) is 0 Å². The molecule has 1 N–H and O–H groups in total. The second-order valence-electron chi connectivity index (χ2n) is 4.99. The molecular weight excluding hydrogens is 254 g/mol. The molecule has 108 valence electrons. The van der Waals surface area contributed by atoms with Crippen LogP contribution < -0.4 is 4.74 Å². The van der Waals surface area contributed by atoms with Gasteiger partial charge in [0.05, 0.1) is 7.11 Å². The van der Waals surface area contributed by atoms with E-state index in [1.807, 2.05) is 45.0 Å². The highest BCUT2D eigenvalue weighted by Crippen LogP contribution is 2.27. The zero-order chi connectivity index (χ0) is 14.7. The van der Waals surface area contributed by atoms with Gasteiger partial charge in [-0.25, -0.2) is 9.67 Å². The minimum Gasteiger partial charge on any atom is -0.494 e. The SMILES string of the molecule is CC[C@@H](O)c1nc(C(C)C)nn1-c1ccccc1OC. The number of rotatable bonds is 5. The molecule has 0 saturated heterocycles. The van der Waals surface area contributed by atoms with Crippen LogP contribution in [0.5, 0.6) is 5.75 Å². The van der Waals surface area contributed by atoms with Crippen molar-refractivity contribution in [3.8, 4) is 11.4 Å². The maximum absolute atomic E-state index is 10.2. The monoisotopic (exact) mass is 275 g/mol. The van der Waals surface area contributed by atoms with Crippen LogP contribution in [-0.2, 0) is 0 Å². The van der Waals surface area contributed by atoms with Gasteiger partial charge in [-0.05, 0) is 18.6 Å². The standard InChI is InChI=1S/C15H21N3O2/c1-5-12(19)15-16-14(10(2)3)17-18(15)11-8-6-7-9-13(11)20-4/h6-10,12,19H,5H2,1-4H3/t12-/m1/s1. The number of aromatic nitrogens is 3.